The quantitative estimate of drug-likeness (QED) is 0.613. The van der Waals surface area contributed by atoms with Crippen LogP contribution in [0.5, 0.6) is 0 Å². The molecule has 0 aliphatic carbocycles. The smallest absolute Gasteiger partial charge is 0.229 e. The molecule has 3 rings (SSSR count). The summed E-state index contributed by atoms with van der Waals surface area (Å²) in [5.74, 6) is -0.196. The predicted molar refractivity (Wildman–Crippen MR) is 90.6 cm³/mol. The van der Waals surface area contributed by atoms with Gasteiger partial charge in [0.2, 0.25) is 15.9 Å². The van der Waals surface area contributed by atoms with Crippen molar-refractivity contribution in [2.45, 2.75) is 37.3 Å². The van der Waals surface area contributed by atoms with E-state index in [4.69, 9.17) is 4.74 Å². The van der Waals surface area contributed by atoms with Crippen LogP contribution in [-0.2, 0) is 26.0 Å². The molecule has 2 heterocycles. The van der Waals surface area contributed by atoms with Gasteiger partial charge in [-0.2, -0.15) is 0 Å². The molecule has 1 fully saturated rings. The molecule has 0 radical (unpaired) electrons. The maximum absolute atomic E-state index is 12.6. The van der Waals surface area contributed by atoms with Gasteiger partial charge < -0.3 is 19.8 Å². The molecule has 0 spiro atoms. The minimum absolute atomic E-state index is 0.0814. The van der Waals surface area contributed by atoms with Gasteiger partial charge in [0.1, 0.15) is 18.3 Å². The van der Waals surface area contributed by atoms with E-state index in [0.717, 1.165) is 23.9 Å². The highest BCUT2D eigenvalue weighted by atomic mass is 32.2. The fraction of sp³-hybridized carbons (Fsp3) is 0.562. The highest BCUT2D eigenvalue weighted by molar-refractivity contribution is 7.88. The van der Waals surface area contributed by atoms with Crippen LogP contribution in [0.15, 0.2) is 24.3 Å². The lowest BCUT2D eigenvalue weighted by Gasteiger charge is -2.21. The van der Waals surface area contributed by atoms with Gasteiger partial charge in [0.05, 0.1) is 18.8 Å². The Balaban J connectivity index is 1.62. The molecule has 8 nitrogen and oxygen atoms in total. The normalized spacial score (nSPS) is 29.0. The van der Waals surface area contributed by atoms with E-state index in [-0.39, 0.29) is 18.9 Å². The van der Waals surface area contributed by atoms with E-state index < -0.39 is 34.4 Å². The lowest BCUT2D eigenvalue weighted by molar-refractivity contribution is -0.122. The maximum Gasteiger partial charge on any atom is 0.229 e. The van der Waals surface area contributed by atoms with Crippen LogP contribution in [0.25, 0.3) is 0 Å². The van der Waals surface area contributed by atoms with Crippen molar-refractivity contribution in [3.05, 3.63) is 29.8 Å². The number of carbonyl (C=O) groups is 1. The van der Waals surface area contributed by atoms with Gasteiger partial charge in [0, 0.05) is 18.8 Å². The van der Waals surface area contributed by atoms with Crippen LogP contribution in [0, 0.1) is 0 Å². The Kier molecular flexibility index (Phi) is 5.12. The van der Waals surface area contributed by atoms with Crippen molar-refractivity contribution in [1.82, 2.24) is 4.72 Å². The van der Waals surface area contributed by atoms with Gasteiger partial charge >= 0.3 is 0 Å². The first-order valence-electron chi connectivity index (χ1n) is 8.11. The average molecular weight is 370 g/mol. The number of hydrogen-bond donors (Lipinski definition) is 3. The van der Waals surface area contributed by atoms with E-state index in [1.807, 2.05) is 24.3 Å². The summed E-state index contributed by atoms with van der Waals surface area (Å²) in [6.07, 6.45) is -2.57. The van der Waals surface area contributed by atoms with Crippen molar-refractivity contribution in [2.24, 2.45) is 0 Å². The van der Waals surface area contributed by atoms with Crippen molar-refractivity contribution in [1.29, 1.82) is 0 Å². The average Bonchev–Trinajstić information content (AvgIpc) is 3.09. The molecule has 25 heavy (non-hydrogen) atoms. The van der Waals surface area contributed by atoms with Crippen molar-refractivity contribution < 1.29 is 28.2 Å². The molecule has 2 aliphatic rings. The van der Waals surface area contributed by atoms with Crippen molar-refractivity contribution in [3.63, 3.8) is 0 Å². The molecular formula is C16H22N2O6S. The molecule has 0 aromatic heterocycles. The summed E-state index contributed by atoms with van der Waals surface area (Å²) in [5, 5.41) is 20.1. The largest absolute Gasteiger partial charge is 0.388 e. The van der Waals surface area contributed by atoms with Crippen LogP contribution in [0.3, 0.4) is 0 Å². The highest BCUT2D eigenvalue weighted by Crippen LogP contribution is 2.30. The molecule has 2 aliphatic heterocycles. The summed E-state index contributed by atoms with van der Waals surface area (Å²) in [4.78, 5) is 14.2. The van der Waals surface area contributed by atoms with E-state index in [2.05, 4.69) is 4.72 Å². The number of para-hydroxylation sites is 1. The molecule has 4 atom stereocenters. The predicted octanol–water partition coefficient (Wildman–Crippen LogP) is -0.996. The fourth-order valence-electron chi connectivity index (χ4n) is 3.28. The Morgan fingerprint density at radius 2 is 1.96 bits per heavy atom. The van der Waals surface area contributed by atoms with E-state index in [1.54, 1.807) is 4.90 Å². The Morgan fingerprint density at radius 1 is 1.28 bits per heavy atom. The van der Waals surface area contributed by atoms with Crippen LogP contribution in [0.1, 0.15) is 12.0 Å². The Labute approximate surface area is 146 Å². The molecule has 3 N–H and O–H groups in total. The van der Waals surface area contributed by atoms with Gasteiger partial charge in [-0.3, -0.25) is 4.79 Å². The first kappa shape index (κ1) is 18.3. The number of rotatable bonds is 5. The molecule has 1 amide bonds. The van der Waals surface area contributed by atoms with Crippen molar-refractivity contribution >= 4 is 21.6 Å². The van der Waals surface area contributed by atoms with Gasteiger partial charge in [-0.25, -0.2) is 13.1 Å². The minimum Gasteiger partial charge on any atom is -0.388 e. The van der Waals surface area contributed by atoms with Crippen LogP contribution >= 0.6 is 0 Å². The van der Waals surface area contributed by atoms with Crippen LogP contribution in [0.2, 0.25) is 0 Å². The second-order valence-corrected chi connectivity index (χ2v) is 8.28. The molecule has 1 aromatic rings. The third kappa shape index (κ3) is 4.01. The molecule has 1 aromatic carbocycles. The molecule has 0 unspecified atom stereocenters. The number of aliphatic hydroxyl groups excluding tert-OH is 2. The van der Waals surface area contributed by atoms with Gasteiger partial charge in [-0.05, 0) is 18.1 Å². The number of nitrogens with zero attached hydrogens (tertiary/aromatic N) is 1. The van der Waals surface area contributed by atoms with Gasteiger partial charge in [-0.1, -0.05) is 18.2 Å². The first-order valence-corrected chi connectivity index (χ1v) is 10.00. The molecule has 0 saturated carbocycles. The van der Waals surface area contributed by atoms with Crippen molar-refractivity contribution in [2.75, 3.05) is 24.2 Å². The van der Waals surface area contributed by atoms with E-state index in [0.29, 0.717) is 6.54 Å². The molecule has 9 heteroatoms. The fourth-order valence-corrected chi connectivity index (χ4v) is 3.74. The summed E-state index contributed by atoms with van der Waals surface area (Å²) < 4.78 is 30.1. The number of aliphatic hydroxyl groups is 2. The Morgan fingerprint density at radius 3 is 2.68 bits per heavy atom. The number of benzene rings is 1. The van der Waals surface area contributed by atoms with Crippen LogP contribution < -0.4 is 9.62 Å². The zero-order chi connectivity index (χ0) is 18.2. The highest BCUT2D eigenvalue weighted by Gasteiger charge is 2.44. The third-order valence-electron chi connectivity index (χ3n) is 4.57. The zero-order valence-corrected chi connectivity index (χ0v) is 14.6. The second kappa shape index (κ2) is 7.00. The summed E-state index contributed by atoms with van der Waals surface area (Å²) in [6, 6.07) is 7.63. The van der Waals surface area contributed by atoms with Gasteiger partial charge in [-0.15, -0.1) is 0 Å². The molecular weight excluding hydrogens is 348 g/mol. The minimum atomic E-state index is -3.44. The Hall–Kier alpha value is -1.52. The van der Waals surface area contributed by atoms with E-state index in [1.165, 1.54) is 0 Å². The summed E-state index contributed by atoms with van der Waals surface area (Å²) in [5.41, 5.74) is 1.95. The first-order chi connectivity index (χ1) is 11.8. The van der Waals surface area contributed by atoms with Crippen molar-refractivity contribution in [3.8, 4) is 0 Å². The SMILES string of the molecule is CS(=O)(=O)NC[C@H]1O[C@@H](CC(=O)N2CCc3ccccc32)[C@H](O)[C@@H]1O. The number of ether oxygens (including phenoxy) is 1. The topological polar surface area (TPSA) is 116 Å². The molecule has 1 saturated heterocycles. The molecule has 138 valence electrons. The van der Waals surface area contributed by atoms with Crippen LogP contribution in [0.4, 0.5) is 5.69 Å². The van der Waals surface area contributed by atoms with E-state index in [9.17, 15) is 23.4 Å². The summed E-state index contributed by atoms with van der Waals surface area (Å²) in [6.45, 7) is 0.414. The number of anilines is 1. The number of fused-ring (bicyclic) bond motifs is 1. The number of sulfonamides is 1. The monoisotopic (exact) mass is 370 g/mol. The van der Waals surface area contributed by atoms with Crippen LogP contribution in [-0.4, -0.2) is 68.3 Å². The maximum atomic E-state index is 12.6. The number of carbonyl (C=O) groups excluding carboxylic acids is 1. The second-order valence-electron chi connectivity index (χ2n) is 6.44. The molecule has 0 bridgehead atoms. The Bertz CT molecular complexity index is 753. The number of nitrogens with one attached hydrogen (secondary N) is 1. The summed E-state index contributed by atoms with van der Waals surface area (Å²) >= 11 is 0. The lowest BCUT2D eigenvalue weighted by atomic mass is 10.1. The van der Waals surface area contributed by atoms with Gasteiger partial charge in [0.25, 0.3) is 0 Å². The number of amides is 1. The zero-order valence-electron chi connectivity index (χ0n) is 13.8. The lowest BCUT2D eigenvalue weighted by Crippen LogP contribution is -2.40. The standard InChI is InChI=1S/C16H22N2O6S/c1-25(22,23)17-9-13-16(21)15(20)12(24-13)8-14(19)18-7-6-10-4-2-3-5-11(10)18/h2-5,12-13,15-17,20-21H,6-9H2,1H3/t12-,13+,15-,16+/m0/s1. The third-order valence-corrected chi connectivity index (χ3v) is 5.26. The van der Waals surface area contributed by atoms with Gasteiger partial charge in [0.15, 0.2) is 0 Å². The van der Waals surface area contributed by atoms with E-state index >= 15 is 0 Å². The number of hydrogen-bond acceptors (Lipinski definition) is 6. The summed E-state index contributed by atoms with van der Waals surface area (Å²) in [7, 11) is -3.44.